The zero-order valence-electron chi connectivity index (χ0n) is 15.8. The van der Waals surface area contributed by atoms with Crippen LogP contribution in [0.3, 0.4) is 0 Å². The molecule has 0 bridgehead atoms. The molecule has 7 heteroatoms. The minimum absolute atomic E-state index is 0.0176. The quantitative estimate of drug-likeness (QED) is 0.676. The summed E-state index contributed by atoms with van der Waals surface area (Å²) in [5.41, 5.74) is 3.28. The second-order valence-electron chi connectivity index (χ2n) is 6.83. The largest absolute Gasteiger partial charge is 0.376 e. The maximum Gasteiger partial charge on any atom is 0.230 e. The molecule has 5 nitrogen and oxygen atoms in total. The molecule has 1 aliphatic heterocycles. The van der Waals surface area contributed by atoms with Crippen LogP contribution in [0.1, 0.15) is 29.8 Å². The van der Waals surface area contributed by atoms with Gasteiger partial charge in [0, 0.05) is 23.9 Å². The third kappa shape index (κ3) is 5.74. The van der Waals surface area contributed by atoms with E-state index < -0.39 is 0 Å². The van der Waals surface area contributed by atoms with Crippen molar-refractivity contribution in [3.63, 3.8) is 0 Å². The summed E-state index contributed by atoms with van der Waals surface area (Å²) in [6.45, 7) is 6.34. The third-order valence-corrected chi connectivity index (χ3v) is 6.00. The molecule has 146 valence electrons. The number of carbonyl (C=O) groups is 1. The molecule has 0 aliphatic carbocycles. The highest BCUT2D eigenvalue weighted by Gasteiger charge is 2.20. The number of halogens is 1. The molecule has 2 aromatic rings. The van der Waals surface area contributed by atoms with Crippen molar-refractivity contribution in [3.8, 4) is 0 Å². The molecule has 1 fully saturated rings. The number of nitrogens with one attached hydrogen (secondary N) is 1. The highest BCUT2D eigenvalue weighted by atomic mass is 35.5. The Kier molecular flexibility index (Phi) is 7.21. The molecular formula is C20H26ClN3O2S. The summed E-state index contributed by atoms with van der Waals surface area (Å²) < 4.78 is 7.95. The van der Waals surface area contributed by atoms with Crippen molar-refractivity contribution in [1.29, 1.82) is 0 Å². The number of amides is 1. The molecule has 1 aromatic heterocycles. The lowest BCUT2D eigenvalue weighted by atomic mass is 10.1. The lowest BCUT2D eigenvalue weighted by molar-refractivity contribution is -0.118. The maximum absolute atomic E-state index is 12.2. The highest BCUT2D eigenvalue weighted by molar-refractivity contribution is 7.99. The van der Waals surface area contributed by atoms with Gasteiger partial charge in [0.15, 0.2) is 5.16 Å². The minimum atomic E-state index is 0.0176. The van der Waals surface area contributed by atoms with Crippen LogP contribution in [-0.2, 0) is 22.5 Å². The fraction of sp³-hybridized carbons (Fsp3) is 0.500. The van der Waals surface area contributed by atoms with Crippen LogP contribution in [0.2, 0.25) is 5.02 Å². The summed E-state index contributed by atoms with van der Waals surface area (Å²) in [6, 6.07) is 7.72. The molecule has 27 heavy (non-hydrogen) atoms. The fourth-order valence-corrected chi connectivity index (χ4v) is 4.30. The molecule has 0 radical (unpaired) electrons. The van der Waals surface area contributed by atoms with E-state index in [1.54, 1.807) is 0 Å². The average Bonchev–Trinajstić information content (AvgIpc) is 3.24. The lowest BCUT2D eigenvalue weighted by Crippen LogP contribution is -2.27. The number of thioether (sulfide) groups is 1. The van der Waals surface area contributed by atoms with Crippen molar-refractivity contribution in [2.24, 2.45) is 0 Å². The lowest BCUT2D eigenvalue weighted by Gasteiger charge is -2.14. The van der Waals surface area contributed by atoms with Crippen LogP contribution in [0.4, 0.5) is 0 Å². The van der Waals surface area contributed by atoms with Gasteiger partial charge in [0.25, 0.3) is 0 Å². The number of ether oxygens (including phenoxy) is 1. The molecule has 1 aromatic carbocycles. The maximum atomic E-state index is 12.2. The Morgan fingerprint density at radius 3 is 3.04 bits per heavy atom. The Hall–Kier alpha value is -1.50. The monoisotopic (exact) mass is 407 g/mol. The average molecular weight is 408 g/mol. The van der Waals surface area contributed by atoms with Crippen LogP contribution < -0.4 is 5.32 Å². The molecule has 1 aliphatic rings. The van der Waals surface area contributed by atoms with Crippen LogP contribution in [0.15, 0.2) is 29.4 Å². The molecule has 2 heterocycles. The van der Waals surface area contributed by atoms with Crippen molar-refractivity contribution in [3.05, 3.63) is 46.2 Å². The van der Waals surface area contributed by atoms with Gasteiger partial charge in [0.1, 0.15) is 0 Å². The first kappa shape index (κ1) is 20.2. The van der Waals surface area contributed by atoms with E-state index in [0.717, 1.165) is 59.5 Å². The Bertz CT molecular complexity index is 788. The van der Waals surface area contributed by atoms with E-state index in [2.05, 4.69) is 21.8 Å². The van der Waals surface area contributed by atoms with E-state index in [1.807, 2.05) is 31.2 Å². The van der Waals surface area contributed by atoms with Gasteiger partial charge in [-0.1, -0.05) is 35.5 Å². The number of hydrogen-bond acceptors (Lipinski definition) is 4. The highest BCUT2D eigenvalue weighted by Crippen LogP contribution is 2.24. The van der Waals surface area contributed by atoms with Crippen LogP contribution in [0, 0.1) is 13.8 Å². The summed E-state index contributed by atoms with van der Waals surface area (Å²) in [6.07, 6.45) is 3.23. The van der Waals surface area contributed by atoms with Crippen molar-refractivity contribution in [1.82, 2.24) is 14.9 Å². The zero-order valence-corrected chi connectivity index (χ0v) is 17.4. The standard InChI is InChI=1S/C20H26ClN3O2S/c1-14-15(2)24(12-18-7-4-10-26-18)20(23-14)27-13-19(25)22-9-8-16-5-3-6-17(21)11-16/h3,5-6,11,18H,4,7-10,12-13H2,1-2H3,(H,22,25). The van der Waals surface area contributed by atoms with Gasteiger partial charge in [-0.3, -0.25) is 4.79 Å². The number of carbonyl (C=O) groups excluding carboxylic acids is 1. The first-order valence-electron chi connectivity index (χ1n) is 9.32. The summed E-state index contributed by atoms with van der Waals surface area (Å²) >= 11 is 7.47. The van der Waals surface area contributed by atoms with Crippen LogP contribution in [0.5, 0.6) is 0 Å². The second-order valence-corrected chi connectivity index (χ2v) is 8.21. The molecule has 1 amide bonds. The topological polar surface area (TPSA) is 56.2 Å². The number of imidazole rings is 1. The predicted molar refractivity (Wildman–Crippen MR) is 110 cm³/mol. The Labute approximate surface area is 169 Å². The van der Waals surface area contributed by atoms with Gasteiger partial charge in [0.2, 0.25) is 5.91 Å². The Morgan fingerprint density at radius 2 is 2.30 bits per heavy atom. The Balaban J connectivity index is 1.48. The van der Waals surface area contributed by atoms with Gasteiger partial charge in [-0.05, 0) is 50.8 Å². The van der Waals surface area contributed by atoms with Gasteiger partial charge in [-0.15, -0.1) is 0 Å². The van der Waals surface area contributed by atoms with Gasteiger partial charge in [-0.2, -0.15) is 0 Å². The summed E-state index contributed by atoms with van der Waals surface area (Å²) in [4.78, 5) is 16.8. The van der Waals surface area contributed by atoms with Crippen molar-refractivity contribution >= 4 is 29.3 Å². The number of rotatable bonds is 8. The van der Waals surface area contributed by atoms with Crippen LogP contribution in [-0.4, -0.2) is 40.5 Å². The molecule has 1 atom stereocenters. The van der Waals surface area contributed by atoms with Crippen molar-refractivity contribution in [2.75, 3.05) is 18.9 Å². The molecule has 1 saturated heterocycles. The second kappa shape index (κ2) is 9.62. The first-order valence-corrected chi connectivity index (χ1v) is 10.7. The van der Waals surface area contributed by atoms with E-state index in [-0.39, 0.29) is 12.0 Å². The first-order chi connectivity index (χ1) is 13.0. The molecule has 0 spiro atoms. The normalized spacial score (nSPS) is 16.6. The SMILES string of the molecule is Cc1nc(SCC(=O)NCCc2cccc(Cl)c2)n(CC2CCCO2)c1C. The van der Waals surface area contributed by atoms with Gasteiger partial charge < -0.3 is 14.6 Å². The number of nitrogens with zero attached hydrogens (tertiary/aromatic N) is 2. The summed E-state index contributed by atoms with van der Waals surface area (Å²) in [5.74, 6) is 0.376. The predicted octanol–water partition coefficient (Wildman–Crippen LogP) is 3.78. The van der Waals surface area contributed by atoms with Crippen molar-refractivity contribution < 1.29 is 9.53 Å². The molecule has 1 unspecified atom stereocenters. The van der Waals surface area contributed by atoms with Gasteiger partial charge in [0.05, 0.1) is 24.1 Å². The van der Waals surface area contributed by atoms with E-state index in [9.17, 15) is 4.79 Å². The zero-order chi connectivity index (χ0) is 19.2. The van der Waals surface area contributed by atoms with Crippen LogP contribution >= 0.6 is 23.4 Å². The number of aryl methyl sites for hydroxylation is 1. The molecular weight excluding hydrogens is 382 g/mol. The van der Waals surface area contributed by atoms with E-state index in [4.69, 9.17) is 16.3 Å². The van der Waals surface area contributed by atoms with Crippen molar-refractivity contribution in [2.45, 2.75) is 50.9 Å². The smallest absolute Gasteiger partial charge is 0.230 e. The van der Waals surface area contributed by atoms with E-state index in [1.165, 1.54) is 11.8 Å². The number of aromatic nitrogens is 2. The number of benzene rings is 1. The molecule has 3 rings (SSSR count). The van der Waals surface area contributed by atoms with Crippen LogP contribution in [0.25, 0.3) is 0 Å². The van der Waals surface area contributed by atoms with E-state index in [0.29, 0.717) is 12.3 Å². The number of hydrogen-bond donors (Lipinski definition) is 1. The van der Waals surface area contributed by atoms with E-state index >= 15 is 0 Å². The minimum Gasteiger partial charge on any atom is -0.376 e. The summed E-state index contributed by atoms with van der Waals surface area (Å²) in [7, 11) is 0. The Morgan fingerprint density at radius 1 is 1.44 bits per heavy atom. The van der Waals surface area contributed by atoms with Gasteiger partial charge in [-0.25, -0.2) is 4.98 Å². The molecule has 1 N–H and O–H groups in total. The summed E-state index contributed by atoms with van der Waals surface area (Å²) in [5, 5.41) is 4.58. The molecule has 0 saturated carbocycles. The fourth-order valence-electron chi connectivity index (χ4n) is 3.16. The third-order valence-electron chi connectivity index (χ3n) is 4.79. The van der Waals surface area contributed by atoms with Gasteiger partial charge >= 0.3 is 0 Å².